The lowest BCUT2D eigenvalue weighted by molar-refractivity contribution is -0.173. The Labute approximate surface area is 158 Å². The molecule has 3 atom stereocenters. The largest absolute Gasteiger partial charge is 0.465 e. The number of carboxylic acid groups (broad SMARTS) is 1. The highest BCUT2D eigenvalue weighted by Crippen LogP contribution is 2.39. The number of benzene rings is 1. The summed E-state index contributed by atoms with van der Waals surface area (Å²) in [5.74, 6) is 0. The van der Waals surface area contributed by atoms with Gasteiger partial charge < -0.3 is 14.7 Å². The summed E-state index contributed by atoms with van der Waals surface area (Å²) in [5, 5.41) is 17.3. The Morgan fingerprint density at radius 2 is 2.00 bits per heavy atom. The van der Waals surface area contributed by atoms with Gasteiger partial charge in [0.1, 0.15) is 11.0 Å². The number of nitrogens with zero attached hydrogens (tertiary/aromatic N) is 4. The summed E-state index contributed by atoms with van der Waals surface area (Å²) in [5.41, 5.74) is 3.51. The minimum Gasteiger partial charge on any atom is -0.465 e. The average Bonchev–Trinajstić information content (AvgIpc) is 3.09. The van der Waals surface area contributed by atoms with E-state index in [1.807, 2.05) is 19.1 Å². The van der Waals surface area contributed by atoms with Gasteiger partial charge in [-0.15, -0.1) is 0 Å². The minimum atomic E-state index is -0.857. The van der Waals surface area contributed by atoms with Gasteiger partial charge in [-0.2, -0.15) is 0 Å². The van der Waals surface area contributed by atoms with Crippen LogP contribution in [0.1, 0.15) is 38.0 Å². The second-order valence-corrected chi connectivity index (χ2v) is 8.61. The molecule has 1 aromatic carbocycles. The Balaban J connectivity index is 1.67. The van der Waals surface area contributed by atoms with E-state index in [1.165, 1.54) is 4.90 Å². The molecule has 1 amide bonds. The number of ether oxygens (including phenoxy) is 1. The predicted octanol–water partition coefficient (Wildman–Crippen LogP) is 2.68. The molecule has 0 bridgehead atoms. The van der Waals surface area contributed by atoms with Crippen LogP contribution in [0.25, 0.3) is 11.0 Å². The molecular weight excluding hydrogens is 348 g/mol. The predicted molar refractivity (Wildman–Crippen MR) is 98.6 cm³/mol. The van der Waals surface area contributed by atoms with Crippen LogP contribution < -0.4 is 0 Å². The van der Waals surface area contributed by atoms with Crippen molar-refractivity contribution in [1.82, 2.24) is 20.1 Å². The van der Waals surface area contributed by atoms with Crippen molar-refractivity contribution in [1.29, 1.82) is 0 Å². The zero-order valence-electron chi connectivity index (χ0n) is 16.2. The zero-order chi connectivity index (χ0) is 19.3. The molecule has 1 N–H and O–H groups in total. The van der Waals surface area contributed by atoms with Gasteiger partial charge in [-0.3, -0.25) is 4.90 Å². The van der Waals surface area contributed by atoms with E-state index < -0.39 is 6.09 Å². The van der Waals surface area contributed by atoms with E-state index in [0.717, 1.165) is 35.2 Å². The number of hydrogen-bond acceptors (Lipinski definition) is 6. The van der Waals surface area contributed by atoms with E-state index in [0.29, 0.717) is 13.1 Å². The summed E-state index contributed by atoms with van der Waals surface area (Å²) < 4.78 is 11.5. The lowest BCUT2D eigenvalue weighted by Crippen LogP contribution is -2.65. The molecule has 2 aliphatic heterocycles. The number of carbonyl (C=O) groups is 1. The van der Waals surface area contributed by atoms with Crippen LogP contribution in [-0.2, 0) is 4.74 Å². The molecule has 27 heavy (non-hydrogen) atoms. The fraction of sp³-hybridized carbons (Fsp3) is 0.632. The molecule has 1 aromatic heterocycles. The number of piperazine rings is 1. The molecule has 8 nitrogen and oxygen atoms in total. The van der Waals surface area contributed by atoms with Gasteiger partial charge in [0.15, 0.2) is 0 Å². The number of aromatic nitrogens is 2. The van der Waals surface area contributed by atoms with E-state index in [9.17, 15) is 9.90 Å². The van der Waals surface area contributed by atoms with Crippen LogP contribution in [0.3, 0.4) is 0 Å². The lowest BCUT2D eigenvalue weighted by atomic mass is 9.81. The molecule has 2 fully saturated rings. The van der Waals surface area contributed by atoms with Crippen molar-refractivity contribution in [3.8, 4) is 0 Å². The Hall–Kier alpha value is -2.19. The zero-order valence-corrected chi connectivity index (χ0v) is 16.2. The molecule has 0 spiro atoms. The molecule has 1 unspecified atom stereocenters. The smallest absolute Gasteiger partial charge is 0.407 e. The van der Waals surface area contributed by atoms with Crippen LogP contribution in [0.5, 0.6) is 0 Å². The summed E-state index contributed by atoms with van der Waals surface area (Å²) in [6.45, 7) is 10.9. The molecule has 2 aliphatic rings. The van der Waals surface area contributed by atoms with E-state index in [4.69, 9.17) is 9.37 Å². The molecule has 146 valence electrons. The standard InChI is InChI=1S/C19H26N4O4/c1-11-12(5-6-13-16(11)21-27-20-13)15-10-22-7-8-23(18(24)25)9-14(22)17(26-15)19(2,3)4/h5-6,14-15,17H,7-10H2,1-4H3,(H,24,25)/t14-,15-,17?/m0/s1. The molecule has 2 saturated heterocycles. The van der Waals surface area contributed by atoms with Crippen molar-refractivity contribution >= 4 is 17.1 Å². The number of hydrogen-bond donors (Lipinski definition) is 1. The third-order valence-corrected chi connectivity index (χ3v) is 5.79. The summed E-state index contributed by atoms with van der Waals surface area (Å²) in [4.78, 5) is 15.3. The number of aryl methyl sites for hydroxylation is 1. The lowest BCUT2D eigenvalue weighted by Gasteiger charge is -2.53. The third-order valence-electron chi connectivity index (χ3n) is 5.79. The maximum absolute atomic E-state index is 11.5. The van der Waals surface area contributed by atoms with E-state index in [-0.39, 0.29) is 23.7 Å². The van der Waals surface area contributed by atoms with Crippen molar-refractivity contribution < 1.29 is 19.3 Å². The first-order valence-electron chi connectivity index (χ1n) is 9.35. The van der Waals surface area contributed by atoms with Gasteiger partial charge in [-0.05, 0) is 39.8 Å². The molecule has 0 saturated carbocycles. The van der Waals surface area contributed by atoms with Crippen molar-refractivity contribution in [3.63, 3.8) is 0 Å². The number of fused-ring (bicyclic) bond motifs is 2. The highest BCUT2D eigenvalue weighted by atomic mass is 16.6. The van der Waals surface area contributed by atoms with Crippen LogP contribution in [0.15, 0.2) is 16.8 Å². The first kappa shape index (κ1) is 18.2. The Bertz CT molecular complexity index is 859. The molecule has 2 aromatic rings. The summed E-state index contributed by atoms with van der Waals surface area (Å²) in [6.07, 6.45) is -1.03. The average molecular weight is 374 g/mol. The van der Waals surface area contributed by atoms with Gasteiger partial charge in [0.05, 0.1) is 18.2 Å². The van der Waals surface area contributed by atoms with Gasteiger partial charge in [0, 0.05) is 26.2 Å². The van der Waals surface area contributed by atoms with Crippen molar-refractivity contribution in [2.75, 3.05) is 26.2 Å². The molecule has 0 aliphatic carbocycles. The number of morpholine rings is 1. The van der Waals surface area contributed by atoms with Crippen LogP contribution in [-0.4, -0.2) is 69.6 Å². The van der Waals surface area contributed by atoms with Crippen LogP contribution in [0.4, 0.5) is 4.79 Å². The SMILES string of the molecule is Cc1c([C@@H]2CN3CCN(C(=O)O)C[C@H]3C(C(C)(C)C)O2)ccc2nonc12. The van der Waals surface area contributed by atoms with E-state index >= 15 is 0 Å². The Kier molecular flexibility index (Phi) is 4.35. The van der Waals surface area contributed by atoms with Gasteiger partial charge in [-0.1, -0.05) is 26.8 Å². The third kappa shape index (κ3) is 3.17. The maximum atomic E-state index is 11.5. The van der Waals surface area contributed by atoms with Crippen LogP contribution in [0, 0.1) is 12.3 Å². The van der Waals surface area contributed by atoms with E-state index in [2.05, 4.69) is 36.0 Å². The second kappa shape index (κ2) is 6.45. The quantitative estimate of drug-likeness (QED) is 0.820. The Morgan fingerprint density at radius 1 is 1.22 bits per heavy atom. The van der Waals surface area contributed by atoms with Gasteiger partial charge in [0.2, 0.25) is 0 Å². The fourth-order valence-corrected chi connectivity index (χ4v) is 4.36. The van der Waals surface area contributed by atoms with Crippen molar-refractivity contribution in [2.45, 2.75) is 45.9 Å². The highest BCUT2D eigenvalue weighted by molar-refractivity contribution is 5.78. The topological polar surface area (TPSA) is 91.9 Å². The maximum Gasteiger partial charge on any atom is 0.407 e. The normalized spacial score (nSPS) is 27.0. The summed E-state index contributed by atoms with van der Waals surface area (Å²) >= 11 is 0. The number of rotatable bonds is 1. The molecule has 4 rings (SSSR count). The molecule has 8 heteroatoms. The first-order chi connectivity index (χ1) is 12.8. The van der Waals surface area contributed by atoms with Crippen LogP contribution in [0.2, 0.25) is 0 Å². The number of amides is 1. The Morgan fingerprint density at radius 3 is 2.70 bits per heavy atom. The molecule has 3 heterocycles. The summed E-state index contributed by atoms with van der Waals surface area (Å²) in [7, 11) is 0. The monoisotopic (exact) mass is 374 g/mol. The molecule has 0 radical (unpaired) electrons. The van der Waals surface area contributed by atoms with Crippen molar-refractivity contribution in [2.24, 2.45) is 5.41 Å². The van der Waals surface area contributed by atoms with Crippen molar-refractivity contribution in [3.05, 3.63) is 23.3 Å². The first-order valence-corrected chi connectivity index (χ1v) is 9.35. The summed E-state index contributed by atoms with van der Waals surface area (Å²) in [6, 6.07) is 4.02. The van der Waals surface area contributed by atoms with Gasteiger partial charge in [0.25, 0.3) is 0 Å². The highest BCUT2D eigenvalue weighted by Gasteiger charge is 2.46. The van der Waals surface area contributed by atoms with Gasteiger partial charge in [-0.25, -0.2) is 9.42 Å². The minimum absolute atomic E-state index is 0.0591. The molecular formula is C19H26N4O4. The fourth-order valence-electron chi connectivity index (χ4n) is 4.36. The van der Waals surface area contributed by atoms with Gasteiger partial charge >= 0.3 is 6.09 Å². The van der Waals surface area contributed by atoms with E-state index in [1.54, 1.807) is 0 Å². The van der Waals surface area contributed by atoms with Crippen LogP contribution >= 0.6 is 0 Å². The second-order valence-electron chi connectivity index (χ2n) is 8.61.